The van der Waals surface area contributed by atoms with Crippen molar-refractivity contribution in [3.63, 3.8) is 0 Å². The molecule has 5 N–H and O–H groups in total. The number of allylic oxidation sites excluding steroid dienone is 5. The number of carbonyl (C=O) groups is 3. The third-order valence-corrected chi connectivity index (χ3v) is 4.38. The third kappa shape index (κ3) is 18.9. The first-order valence-corrected chi connectivity index (χ1v) is 10.8. The molecule has 0 bridgehead atoms. The highest BCUT2D eigenvalue weighted by Crippen LogP contribution is 2.08. The zero-order valence-corrected chi connectivity index (χ0v) is 18.1. The highest BCUT2D eigenvalue weighted by Gasteiger charge is 2.20. The van der Waals surface area contributed by atoms with Crippen LogP contribution in [-0.4, -0.2) is 40.1 Å². The number of hydrogen-bond acceptors (Lipinski definition) is 4. The van der Waals surface area contributed by atoms with E-state index >= 15 is 0 Å². The van der Waals surface area contributed by atoms with E-state index in [9.17, 15) is 14.4 Å². The summed E-state index contributed by atoms with van der Waals surface area (Å²) in [6, 6.07) is -1.06. The number of unbranched alkanes of at least 4 members (excludes halogenated alkanes) is 5. The van der Waals surface area contributed by atoms with E-state index in [4.69, 9.17) is 15.9 Å². The van der Waals surface area contributed by atoms with E-state index in [1.807, 2.05) is 6.08 Å². The van der Waals surface area contributed by atoms with E-state index in [1.165, 1.54) is 0 Å². The van der Waals surface area contributed by atoms with Gasteiger partial charge in [-0.3, -0.25) is 9.59 Å². The molecule has 0 aliphatic carbocycles. The summed E-state index contributed by atoms with van der Waals surface area (Å²) in [4.78, 5) is 33.7. The molecule has 0 aliphatic rings. The van der Waals surface area contributed by atoms with Crippen molar-refractivity contribution in [2.24, 2.45) is 5.73 Å². The first-order valence-electron chi connectivity index (χ1n) is 10.8. The molecule has 0 aromatic heterocycles. The Labute approximate surface area is 180 Å². The van der Waals surface area contributed by atoms with Crippen molar-refractivity contribution in [3.8, 4) is 0 Å². The van der Waals surface area contributed by atoms with Crippen LogP contribution in [0.2, 0.25) is 0 Å². The monoisotopic (exact) mass is 422 g/mol. The Bertz CT molecular complexity index is 582. The zero-order valence-electron chi connectivity index (χ0n) is 18.1. The van der Waals surface area contributed by atoms with Gasteiger partial charge in [-0.25, -0.2) is 4.79 Å². The molecule has 2 atom stereocenters. The minimum Gasteiger partial charge on any atom is -0.480 e. The molecule has 7 heteroatoms. The van der Waals surface area contributed by atoms with Crippen molar-refractivity contribution in [2.45, 2.75) is 89.7 Å². The zero-order chi connectivity index (χ0) is 22.6. The van der Waals surface area contributed by atoms with Crippen molar-refractivity contribution in [3.05, 3.63) is 36.5 Å². The van der Waals surface area contributed by atoms with Gasteiger partial charge < -0.3 is 21.3 Å². The van der Waals surface area contributed by atoms with Crippen LogP contribution in [0.4, 0.5) is 0 Å². The summed E-state index contributed by atoms with van der Waals surface area (Å²) in [5, 5.41) is 20.6. The topological polar surface area (TPSA) is 130 Å². The summed E-state index contributed by atoms with van der Waals surface area (Å²) in [7, 11) is 0. The third-order valence-electron chi connectivity index (χ3n) is 4.38. The van der Waals surface area contributed by atoms with Gasteiger partial charge in [0.15, 0.2) is 0 Å². The number of hydrogen-bond donors (Lipinski definition) is 4. The number of amides is 2. The van der Waals surface area contributed by atoms with Crippen LogP contribution in [0.15, 0.2) is 36.5 Å². The van der Waals surface area contributed by atoms with Crippen LogP contribution in [0, 0.1) is 0 Å². The Morgan fingerprint density at radius 3 is 2.13 bits per heavy atom. The molecule has 0 fully saturated rings. The quantitative estimate of drug-likeness (QED) is 0.199. The average Bonchev–Trinajstić information content (AvgIpc) is 2.67. The SMILES string of the molecule is CC(O)C=CCC=CCC=CCCCCCCCC(=O)N[C@H](CCC(N)=O)C(=O)O. The molecular formula is C23H38N2O5. The number of aliphatic hydroxyl groups excluding tert-OH is 1. The number of carboxylic acid groups (broad SMARTS) is 1. The van der Waals surface area contributed by atoms with Gasteiger partial charge >= 0.3 is 5.97 Å². The highest BCUT2D eigenvalue weighted by atomic mass is 16.4. The maximum absolute atomic E-state index is 11.8. The molecule has 0 spiro atoms. The standard InChI is InChI=1S/C23H38N2O5/c1-19(26)15-13-11-9-7-5-3-2-4-6-8-10-12-14-16-22(28)25-20(23(29)30)17-18-21(24)27/h2-3,7,9,13,15,19-20,26H,4-6,8,10-12,14,16-18H2,1H3,(H2,24,27)(H,25,28)(H,29,30)/t19?,20-/m1/s1. The van der Waals surface area contributed by atoms with E-state index in [-0.39, 0.29) is 24.9 Å². The number of aliphatic hydroxyl groups is 1. The second-order valence-electron chi connectivity index (χ2n) is 7.35. The molecule has 0 rings (SSSR count). The summed E-state index contributed by atoms with van der Waals surface area (Å²) < 4.78 is 0. The van der Waals surface area contributed by atoms with Crippen molar-refractivity contribution in [2.75, 3.05) is 0 Å². The fraction of sp³-hybridized carbons (Fsp3) is 0.609. The number of nitrogens with one attached hydrogen (secondary N) is 1. The van der Waals surface area contributed by atoms with Crippen LogP contribution in [0.3, 0.4) is 0 Å². The Morgan fingerprint density at radius 1 is 0.900 bits per heavy atom. The Hall–Kier alpha value is -2.41. The lowest BCUT2D eigenvalue weighted by atomic mass is 10.1. The second kappa shape index (κ2) is 18.6. The van der Waals surface area contributed by atoms with Gasteiger partial charge in [-0.05, 0) is 45.4 Å². The van der Waals surface area contributed by atoms with E-state index in [2.05, 4.69) is 29.6 Å². The Balaban J connectivity index is 3.66. The van der Waals surface area contributed by atoms with Gasteiger partial charge in [0.05, 0.1) is 6.10 Å². The minimum atomic E-state index is -1.15. The molecule has 7 nitrogen and oxygen atoms in total. The molecule has 0 saturated carbocycles. The maximum atomic E-state index is 11.8. The second-order valence-corrected chi connectivity index (χ2v) is 7.35. The fourth-order valence-electron chi connectivity index (χ4n) is 2.73. The van der Waals surface area contributed by atoms with Gasteiger partial charge in [0, 0.05) is 12.8 Å². The first-order chi connectivity index (χ1) is 14.3. The van der Waals surface area contributed by atoms with Crippen LogP contribution in [-0.2, 0) is 14.4 Å². The molecule has 0 aromatic rings. The summed E-state index contributed by atoms with van der Waals surface area (Å²) in [5.74, 6) is -2.03. The lowest BCUT2D eigenvalue weighted by Gasteiger charge is -2.13. The number of carbonyl (C=O) groups excluding carboxylic acids is 2. The van der Waals surface area contributed by atoms with Crippen LogP contribution >= 0.6 is 0 Å². The Kier molecular flexibility index (Phi) is 17.1. The molecular weight excluding hydrogens is 384 g/mol. The van der Waals surface area contributed by atoms with E-state index in [0.29, 0.717) is 6.42 Å². The lowest BCUT2D eigenvalue weighted by Crippen LogP contribution is -2.41. The molecule has 0 aromatic carbocycles. The summed E-state index contributed by atoms with van der Waals surface area (Å²) in [5.41, 5.74) is 5.01. The van der Waals surface area contributed by atoms with Gasteiger partial charge in [0.1, 0.15) is 6.04 Å². The Morgan fingerprint density at radius 2 is 1.50 bits per heavy atom. The first kappa shape index (κ1) is 27.6. The molecule has 170 valence electrons. The number of primary amides is 1. The molecule has 0 heterocycles. The van der Waals surface area contributed by atoms with Crippen LogP contribution in [0.25, 0.3) is 0 Å². The molecule has 0 radical (unpaired) electrons. The van der Waals surface area contributed by atoms with Crippen LogP contribution in [0.5, 0.6) is 0 Å². The number of aliphatic carboxylic acids is 1. The molecule has 0 saturated heterocycles. The van der Waals surface area contributed by atoms with Crippen molar-refractivity contribution in [1.29, 1.82) is 0 Å². The summed E-state index contributed by atoms with van der Waals surface area (Å²) in [6.45, 7) is 1.73. The predicted octanol–water partition coefficient (Wildman–Crippen LogP) is 3.38. The van der Waals surface area contributed by atoms with E-state index < -0.39 is 17.9 Å². The average molecular weight is 423 g/mol. The molecule has 30 heavy (non-hydrogen) atoms. The van der Waals surface area contributed by atoms with Gasteiger partial charge in [0.25, 0.3) is 0 Å². The highest BCUT2D eigenvalue weighted by molar-refractivity contribution is 5.84. The van der Waals surface area contributed by atoms with E-state index in [1.54, 1.807) is 13.0 Å². The predicted molar refractivity (Wildman–Crippen MR) is 119 cm³/mol. The fourth-order valence-corrected chi connectivity index (χ4v) is 2.73. The van der Waals surface area contributed by atoms with E-state index in [0.717, 1.165) is 51.4 Å². The van der Waals surface area contributed by atoms with Gasteiger partial charge in [-0.15, -0.1) is 0 Å². The van der Waals surface area contributed by atoms with Crippen LogP contribution in [0.1, 0.15) is 77.6 Å². The van der Waals surface area contributed by atoms with Gasteiger partial charge in [0.2, 0.25) is 11.8 Å². The van der Waals surface area contributed by atoms with Crippen molar-refractivity contribution < 1.29 is 24.6 Å². The number of nitrogens with two attached hydrogens (primary N) is 1. The lowest BCUT2D eigenvalue weighted by molar-refractivity contribution is -0.142. The minimum absolute atomic E-state index is 0.0136. The van der Waals surface area contributed by atoms with Crippen molar-refractivity contribution >= 4 is 17.8 Å². The smallest absolute Gasteiger partial charge is 0.326 e. The van der Waals surface area contributed by atoms with Crippen molar-refractivity contribution in [1.82, 2.24) is 5.32 Å². The van der Waals surface area contributed by atoms with Gasteiger partial charge in [-0.1, -0.05) is 55.7 Å². The largest absolute Gasteiger partial charge is 0.480 e. The summed E-state index contributed by atoms with van der Waals surface area (Å²) >= 11 is 0. The van der Waals surface area contributed by atoms with Crippen LogP contribution < -0.4 is 11.1 Å². The number of carboxylic acids is 1. The summed E-state index contributed by atoms with van der Waals surface area (Å²) in [6.07, 6.45) is 19.8. The van der Waals surface area contributed by atoms with Gasteiger partial charge in [-0.2, -0.15) is 0 Å². The maximum Gasteiger partial charge on any atom is 0.326 e. The molecule has 0 aliphatic heterocycles. The number of rotatable bonds is 18. The molecule has 2 amide bonds. The normalized spacial score (nSPS) is 13.8. The molecule has 1 unspecified atom stereocenters.